The Kier molecular flexibility index (Phi) is 13.3. The van der Waals surface area contributed by atoms with Gasteiger partial charge in [-0.3, -0.25) is 28.8 Å². The van der Waals surface area contributed by atoms with Gasteiger partial charge in [-0.05, 0) is 12.1 Å². The highest BCUT2D eigenvalue weighted by Gasteiger charge is 2.55. The molecule has 0 unspecified atom stereocenters. The summed E-state index contributed by atoms with van der Waals surface area (Å²) < 4.78 is 56.0. The van der Waals surface area contributed by atoms with Crippen LogP contribution in [0.1, 0.15) is 48.0 Å². The quantitative estimate of drug-likeness (QED) is 0.173. The van der Waals surface area contributed by atoms with Gasteiger partial charge in [-0.2, -0.15) is 0 Å². The number of aromatic hydroxyl groups is 2. The number of benzene rings is 1. The van der Waals surface area contributed by atoms with E-state index < -0.39 is 116 Å². The molecule has 2 aliphatic heterocycles. The van der Waals surface area contributed by atoms with Crippen molar-refractivity contribution in [1.82, 2.24) is 0 Å². The maximum atomic E-state index is 12.3. The second-order valence-corrected chi connectivity index (χ2v) is 10.7. The van der Waals surface area contributed by atoms with Crippen LogP contribution in [0.5, 0.6) is 17.2 Å². The van der Waals surface area contributed by atoms with Crippen LogP contribution in [-0.4, -0.2) is 115 Å². The molecule has 0 spiro atoms. The highest BCUT2D eigenvalue weighted by atomic mass is 16.8. The molecule has 3 rings (SSSR count). The Bertz CT molecular complexity index is 1340. The molecule has 2 heterocycles. The number of rotatable bonds is 12. The summed E-state index contributed by atoms with van der Waals surface area (Å²) >= 11 is 0. The zero-order valence-electron chi connectivity index (χ0n) is 27.0. The van der Waals surface area contributed by atoms with Gasteiger partial charge in [0.1, 0.15) is 37.6 Å². The number of ether oxygens (including phenoxy) is 10. The van der Waals surface area contributed by atoms with Crippen molar-refractivity contribution < 1.29 is 86.3 Å². The molecule has 2 aliphatic rings. The molecule has 48 heavy (non-hydrogen) atoms. The van der Waals surface area contributed by atoms with Crippen LogP contribution in [0.3, 0.4) is 0 Å². The first-order valence-electron chi connectivity index (χ1n) is 14.6. The number of carbonyl (C=O) groups excluding carboxylic acids is 6. The fourth-order valence-electron chi connectivity index (χ4n) is 5.00. The lowest BCUT2D eigenvalue weighted by atomic mass is 9.97. The zero-order valence-corrected chi connectivity index (χ0v) is 27.0. The molecule has 0 aliphatic carbocycles. The van der Waals surface area contributed by atoms with Gasteiger partial charge >= 0.3 is 35.8 Å². The summed E-state index contributed by atoms with van der Waals surface area (Å²) in [5.74, 6) is -6.10. The van der Waals surface area contributed by atoms with Gasteiger partial charge in [-0.15, -0.1) is 0 Å². The number of hydrogen-bond acceptors (Lipinski definition) is 18. The van der Waals surface area contributed by atoms with Gasteiger partial charge in [0.05, 0.1) is 0 Å². The van der Waals surface area contributed by atoms with Crippen LogP contribution in [-0.2, 0) is 71.4 Å². The number of phenolic OH excluding ortho intramolecular Hbond substituents is 2. The lowest BCUT2D eigenvalue weighted by molar-refractivity contribution is -0.343. The number of para-hydroxylation sites is 1. The molecule has 1 aromatic carbocycles. The van der Waals surface area contributed by atoms with Gasteiger partial charge in [0.2, 0.25) is 12.0 Å². The predicted octanol–water partition coefficient (Wildman–Crippen LogP) is 0.555. The Hall–Kier alpha value is -4.68. The fourth-order valence-corrected chi connectivity index (χ4v) is 5.00. The standard InChI is InChI=1S/C30H38O18/c1-13(31)39-11-22-26(21(41-15(3)33)10-24(46-22)45-20-9-7-8-19(37)25(20)38)48-30-29(44-18(6)36)28(43-17(5)35)27(42-16(4)34)23(47-30)12-40-14(2)32/h7-9,21-24,26-30,37-38H,10-12H2,1-6H3/t21-,22-,23-,24-,26+,27+,28+,29-,30+/m1/s1. The summed E-state index contributed by atoms with van der Waals surface area (Å²) in [7, 11) is 0. The second-order valence-electron chi connectivity index (χ2n) is 10.7. The summed E-state index contributed by atoms with van der Waals surface area (Å²) in [5.41, 5.74) is 0. The zero-order chi connectivity index (χ0) is 35.7. The number of hydrogen-bond donors (Lipinski definition) is 2. The van der Waals surface area contributed by atoms with Crippen LogP contribution in [0.15, 0.2) is 18.2 Å². The molecular formula is C30H38O18. The van der Waals surface area contributed by atoms with Gasteiger partial charge in [-0.25, -0.2) is 0 Å². The monoisotopic (exact) mass is 686 g/mol. The average molecular weight is 687 g/mol. The SMILES string of the molecule is CC(=O)OC[C@H]1O[C@@H](Oc2cccc(O)c2O)C[C@@H](OC(C)=O)[C@@H]1O[C@@H]1O[C@H](COC(C)=O)[C@H](OC(C)=O)[C@H](OC(C)=O)[C@H]1OC(C)=O. The van der Waals surface area contributed by atoms with E-state index in [-0.39, 0.29) is 12.2 Å². The van der Waals surface area contributed by atoms with Crippen LogP contribution in [0, 0.1) is 0 Å². The molecule has 18 nitrogen and oxygen atoms in total. The van der Waals surface area contributed by atoms with Crippen LogP contribution in [0.4, 0.5) is 0 Å². The molecule has 0 saturated carbocycles. The van der Waals surface area contributed by atoms with Crippen molar-refractivity contribution in [3.8, 4) is 17.2 Å². The Morgan fingerprint density at radius 3 is 1.73 bits per heavy atom. The van der Waals surface area contributed by atoms with E-state index in [1.54, 1.807) is 0 Å². The minimum atomic E-state index is -1.70. The fraction of sp³-hybridized carbons (Fsp3) is 0.600. The molecule has 1 aromatic rings. The van der Waals surface area contributed by atoms with Crippen LogP contribution in [0.25, 0.3) is 0 Å². The van der Waals surface area contributed by atoms with E-state index in [2.05, 4.69) is 0 Å². The number of esters is 6. The van der Waals surface area contributed by atoms with E-state index in [9.17, 15) is 39.0 Å². The first-order chi connectivity index (χ1) is 22.5. The first-order valence-corrected chi connectivity index (χ1v) is 14.6. The molecular weight excluding hydrogens is 648 g/mol. The largest absolute Gasteiger partial charge is 0.504 e. The summed E-state index contributed by atoms with van der Waals surface area (Å²) in [6, 6.07) is 3.94. The van der Waals surface area contributed by atoms with E-state index in [1.165, 1.54) is 18.2 Å². The lowest BCUT2D eigenvalue weighted by Crippen LogP contribution is -2.65. The van der Waals surface area contributed by atoms with Crippen LogP contribution < -0.4 is 4.74 Å². The van der Waals surface area contributed by atoms with Gasteiger partial charge in [0, 0.05) is 48.0 Å². The van der Waals surface area contributed by atoms with Crippen molar-refractivity contribution in [3.05, 3.63) is 18.2 Å². The Morgan fingerprint density at radius 2 is 1.19 bits per heavy atom. The molecule has 0 bridgehead atoms. The van der Waals surface area contributed by atoms with Gasteiger partial charge in [0.25, 0.3) is 0 Å². The van der Waals surface area contributed by atoms with Crippen molar-refractivity contribution in [2.45, 2.75) is 103 Å². The van der Waals surface area contributed by atoms with E-state index in [0.717, 1.165) is 41.5 Å². The van der Waals surface area contributed by atoms with Gasteiger partial charge in [0.15, 0.2) is 36.1 Å². The maximum absolute atomic E-state index is 12.3. The van der Waals surface area contributed by atoms with Crippen molar-refractivity contribution in [2.75, 3.05) is 13.2 Å². The summed E-state index contributed by atoms with van der Waals surface area (Å²) in [6.45, 7) is 5.46. The second kappa shape index (κ2) is 16.9. The molecule has 9 atom stereocenters. The molecule has 2 fully saturated rings. The van der Waals surface area contributed by atoms with Crippen LogP contribution >= 0.6 is 0 Å². The Labute approximate surface area is 274 Å². The van der Waals surface area contributed by atoms with E-state index in [0.29, 0.717) is 0 Å². The molecule has 0 aromatic heterocycles. The highest BCUT2D eigenvalue weighted by Crippen LogP contribution is 2.38. The van der Waals surface area contributed by atoms with Gasteiger partial charge < -0.3 is 57.6 Å². The topological polar surface area (TPSA) is 235 Å². The van der Waals surface area contributed by atoms with Crippen molar-refractivity contribution in [1.29, 1.82) is 0 Å². The summed E-state index contributed by atoms with van der Waals surface area (Å²) in [6.07, 6.45) is -13.2. The molecule has 0 radical (unpaired) electrons. The summed E-state index contributed by atoms with van der Waals surface area (Å²) in [4.78, 5) is 72.3. The van der Waals surface area contributed by atoms with E-state index in [1.807, 2.05) is 0 Å². The first kappa shape index (κ1) is 37.8. The third kappa shape index (κ3) is 10.7. The molecule has 0 amide bonds. The maximum Gasteiger partial charge on any atom is 0.303 e. The molecule has 18 heteroatoms. The number of phenols is 2. The Balaban J connectivity index is 2.05. The number of carbonyl (C=O) groups is 6. The lowest BCUT2D eigenvalue weighted by Gasteiger charge is -2.47. The minimum absolute atomic E-state index is 0.188. The van der Waals surface area contributed by atoms with E-state index in [4.69, 9.17) is 47.4 Å². The summed E-state index contributed by atoms with van der Waals surface area (Å²) in [5, 5.41) is 20.1. The molecule has 266 valence electrons. The Morgan fingerprint density at radius 1 is 0.667 bits per heavy atom. The van der Waals surface area contributed by atoms with Crippen molar-refractivity contribution in [2.24, 2.45) is 0 Å². The predicted molar refractivity (Wildman–Crippen MR) is 153 cm³/mol. The van der Waals surface area contributed by atoms with Crippen molar-refractivity contribution in [3.63, 3.8) is 0 Å². The smallest absolute Gasteiger partial charge is 0.303 e. The van der Waals surface area contributed by atoms with E-state index >= 15 is 0 Å². The third-order valence-corrected chi connectivity index (χ3v) is 6.73. The molecule has 2 saturated heterocycles. The minimum Gasteiger partial charge on any atom is -0.504 e. The molecule has 2 N–H and O–H groups in total. The third-order valence-electron chi connectivity index (χ3n) is 6.73. The van der Waals surface area contributed by atoms with Crippen molar-refractivity contribution >= 4 is 35.8 Å². The van der Waals surface area contributed by atoms with Gasteiger partial charge in [-0.1, -0.05) is 6.07 Å². The normalized spacial score (nSPS) is 28.2. The average Bonchev–Trinajstić information content (AvgIpc) is 2.96. The van der Waals surface area contributed by atoms with Crippen LogP contribution in [0.2, 0.25) is 0 Å². The highest BCUT2D eigenvalue weighted by molar-refractivity contribution is 5.69.